The second-order valence-corrected chi connectivity index (χ2v) is 7.49. The fourth-order valence-corrected chi connectivity index (χ4v) is 4.33. The van der Waals surface area contributed by atoms with Gasteiger partial charge >= 0.3 is 145 Å². The van der Waals surface area contributed by atoms with Crippen LogP contribution in [0.15, 0.2) is 40.4 Å². The van der Waals surface area contributed by atoms with E-state index in [1.165, 1.54) is 0 Å². The standard InChI is InChI=1S/C19H26O3Se/c1-4-7-14-17(20)18(23-15-12-9-8-10-13-15)16(11-5-2)19(21)22-6-3/h8-10,12-13H,4-7,11,14H2,1-3H3. The van der Waals surface area contributed by atoms with Crippen molar-refractivity contribution in [3.8, 4) is 0 Å². The topological polar surface area (TPSA) is 43.4 Å². The molecule has 0 heterocycles. The van der Waals surface area contributed by atoms with Crippen molar-refractivity contribution in [3.05, 3.63) is 40.4 Å². The molecule has 0 unspecified atom stereocenters. The molecule has 0 fully saturated rings. The zero-order valence-electron chi connectivity index (χ0n) is 14.3. The number of carbonyl (C=O) groups is 2. The van der Waals surface area contributed by atoms with E-state index in [9.17, 15) is 9.59 Å². The van der Waals surface area contributed by atoms with Crippen molar-refractivity contribution in [1.82, 2.24) is 0 Å². The third-order valence-corrected chi connectivity index (χ3v) is 5.76. The summed E-state index contributed by atoms with van der Waals surface area (Å²) in [6.07, 6.45) is 3.76. The fourth-order valence-electron chi connectivity index (χ4n) is 2.12. The molecule has 0 aliphatic carbocycles. The first kappa shape index (κ1) is 19.7. The van der Waals surface area contributed by atoms with E-state index >= 15 is 0 Å². The van der Waals surface area contributed by atoms with Crippen molar-refractivity contribution in [2.24, 2.45) is 0 Å². The SMILES string of the molecule is CCCCC(=O)C([Se]c1ccccc1)=C(CCC)C(=O)OCC. The first-order chi connectivity index (χ1) is 11.1. The van der Waals surface area contributed by atoms with E-state index in [1.807, 2.05) is 37.3 Å². The van der Waals surface area contributed by atoms with E-state index in [0.29, 0.717) is 29.5 Å². The van der Waals surface area contributed by atoms with E-state index in [4.69, 9.17) is 4.74 Å². The van der Waals surface area contributed by atoms with Crippen LogP contribution in [-0.2, 0) is 14.3 Å². The molecule has 4 heteroatoms. The van der Waals surface area contributed by atoms with Crippen molar-refractivity contribution in [1.29, 1.82) is 0 Å². The van der Waals surface area contributed by atoms with Crippen LogP contribution in [-0.4, -0.2) is 33.3 Å². The predicted molar refractivity (Wildman–Crippen MR) is 94.9 cm³/mol. The van der Waals surface area contributed by atoms with Gasteiger partial charge in [-0.05, 0) is 0 Å². The van der Waals surface area contributed by atoms with Crippen LogP contribution in [0.2, 0.25) is 0 Å². The first-order valence-electron chi connectivity index (χ1n) is 8.30. The van der Waals surface area contributed by atoms with Gasteiger partial charge in [-0.2, -0.15) is 0 Å². The second-order valence-electron chi connectivity index (χ2n) is 5.22. The summed E-state index contributed by atoms with van der Waals surface area (Å²) in [5.41, 5.74) is 0.583. The van der Waals surface area contributed by atoms with Crippen molar-refractivity contribution in [2.45, 2.75) is 52.9 Å². The van der Waals surface area contributed by atoms with E-state index < -0.39 is 0 Å². The Labute approximate surface area is 145 Å². The molecule has 0 spiro atoms. The van der Waals surface area contributed by atoms with E-state index in [-0.39, 0.29) is 26.7 Å². The van der Waals surface area contributed by atoms with Gasteiger partial charge in [-0.1, -0.05) is 0 Å². The molecule has 0 saturated heterocycles. The van der Waals surface area contributed by atoms with Crippen LogP contribution in [0.25, 0.3) is 0 Å². The quantitative estimate of drug-likeness (QED) is 0.355. The molecular formula is C19H26O3Se. The van der Waals surface area contributed by atoms with Crippen molar-refractivity contribution < 1.29 is 14.3 Å². The Morgan fingerprint density at radius 1 is 1.00 bits per heavy atom. The van der Waals surface area contributed by atoms with Crippen LogP contribution < -0.4 is 4.46 Å². The third kappa shape index (κ3) is 6.72. The Hall–Kier alpha value is -1.38. The van der Waals surface area contributed by atoms with Gasteiger partial charge in [0.05, 0.1) is 0 Å². The van der Waals surface area contributed by atoms with Crippen LogP contribution in [0.3, 0.4) is 0 Å². The number of Topliss-reactive ketones (excluding diaryl/α,β-unsaturated/α-hetero) is 1. The first-order valence-corrected chi connectivity index (χ1v) is 10.0. The molecule has 0 bridgehead atoms. The normalized spacial score (nSPS) is 11.8. The molecule has 126 valence electrons. The number of carbonyl (C=O) groups excluding carboxylic acids is 2. The Morgan fingerprint density at radius 2 is 1.70 bits per heavy atom. The number of ether oxygens (including phenoxy) is 1. The number of ketones is 1. The van der Waals surface area contributed by atoms with Crippen LogP contribution in [0.1, 0.15) is 52.9 Å². The summed E-state index contributed by atoms with van der Waals surface area (Å²) in [6, 6.07) is 9.92. The number of hydrogen-bond donors (Lipinski definition) is 0. The van der Waals surface area contributed by atoms with Crippen molar-refractivity contribution in [2.75, 3.05) is 6.61 Å². The number of hydrogen-bond acceptors (Lipinski definition) is 3. The van der Waals surface area contributed by atoms with E-state index in [2.05, 4.69) is 6.92 Å². The van der Waals surface area contributed by atoms with Gasteiger partial charge in [0, 0.05) is 0 Å². The molecule has 1 aromatic rings. The molecule has 1 rings (SSSR count). The molecular weight excluding hydrogens is 355 g/mol. The van der Waals surface area contributed by atoms with E-state index in [1.54, 1.807) is 6.92 Å². The molecule has 0 aromatic heterocycles. The van der Waals surface area contributed by atoms with Gasteiger partial charge in [0.25, 0.3) is 0 Å². The van der Waals surface area contributed by atoms with Gasteiger partial charge in [-0.3, -0.25) is 0 Å². The van der Waals surface area contributed by atoms with Crippen LogP contribution in [0.4, 0.5) is 0 Å². The maximum atomic E-state index is 12.7. The summed E-state index contributed by atoms with van der Waals surface area (Å²) in [5.74, 6) is -0.223. The molecule has 0 radical (unpaired) electrons. The van der Waals surface area contributed by atoms with Gasteiger partial charge in [0.15, 0.2) is 0 Å². The van der Waals surface area contributed by atoms with Gasteiger partial charge in [-0.15, -0.1) is 0 Å². The van der Waals surface area contributed by atoms with Crippen molar-refractivity contribution in [3.63, 3.8) is 0 Å². The number of esters is 1. The summed E-state index contributed by atoms with van der Waals surface area (Å²) in [5, 5.41) is 0. The van der Waals surface area contributed by atoms with Crippen LogP contribution >= 0.6 is 0 Å². The number of rotatable bonds is 10. The fraction of sp³-hybridized carbons (Fsp3) is 0.474. The predicted octanol–water partition coefficient (Wildman–Crippen LogP) is 3.39. The van der Waals surface area contributed by atoms with Gasteiger partial charge in [-0.25, -0.2) is 0 Å². The molecule has 0 N–H and O–H groups in total. The van der Waals surface area contributed by atoms with Crippen LogP contribution in [0.5, 0.6) is 0 Å². The monoisotopic (exact) mass is 382 g/mol. The molecule has 0 aliphatic heterocycles. The molecule has 1 aromatic carbocycles. The summed E-state index contributed by atoms with van der Waals surface area (Å²) in [4.78, 5) is 25.0. The molecule has 0 saturated carbocycles. The second kappa shape index (κ2) is 11.2. The van der Waals surface area contributed by atoms with Gasteiger partial charge < -0.3 is 0 Å². The summed E-state index contributed by atoms with van der Waals surface area (Å²) in [7, 11) is 0. The Kier molecular flexibility index (Phi) is 9.58. The number of unbranched alkanes of at least 4 members (excludes halogenated alkanes) is 1. The third-order valence-electron chi connectivity index (χ3n) is 3.27. The Bertz CT molecular complexity index is 535. The Morgan fingerprint density at radius 3 is 2.26 bits per heavy atom. The summed E-state index contributed by atoms with van der Waals surface area (Å²) < 4.78 is 6.99. The maximum absolute atomic E-state index is 12.7. The molecule has 0 amide bonds. The van der Waals surface area contributed by atoms with Gasteiger partial charge in [0.1, 0.15) is 0 Å². The zero-order chi connectivity index (χ0) is 17.1. The average molecular weight is 381 g/mol. The summed E-state index contributed by atoms with van der Waals surface area (Å²) in [6.45, 7) is 6.21. The summed E-state index contributed by atoms with van der Waals surface area (Å²) >= 11 is -0.163. The van der Waals surface area contributed by atoms with Gasteiger partial charge in [0.2, 0.25) is 0 Å². The molecule has 23 heavy (non-hydrogen) atoms. The van der Waals surface area contributed by atoms with Crippen LogP contribution in [0, 0.1) is 0 Å². The minimum absolute atomic E-state index is 0.104. The Balaban J connectivity index is 3.18. The minimum atomic E-state index is -0.327. The number of benzene rings is 1. The molecule has 3 nitrogen and oxygen atoms in total. The average Bonchev–Trinajstić information content (AvgIpc) is 2.57. The molecule has 0 aliphatic rings. The van der Waals surface area contributed by atoms with E-state index in [0.717, 1.165) is 23.7 Å². The number of allylic oxidation sites excluding steroid dienone is 1. The van der Waals surface area contributed by atoms with Crippen molar-refractivity contribution >= 4 is 31.2 Å². The zero-order valence-corrected chi connectivity index (χ0v) is 16.0. The molecule has 0 atom stereocenters.